The number of para-hydroxylation sites is 1. The Balaban J connectivity index is 1.06. The van der Waals surface area contributed by atoms with Crippen LogP contribution in [-0.2, 0) is 0 Å². The first-order valence-corrected chi connectivity index (χ1v) is 19.6. The van der Waals surface area contributed by atoms with Gasteiger partial charge >= 0.3 is 0 Å². The monoisotopic (exact) mass is 705 g/mol. The van der Waals surface area contributed by atoms with Gasteiger partial charge in [-0.05, 0) is 108 Å². The van der Waals surface area contributed by atoms with Crippen molar-refractivity contribution in [2.24, 2.45) is 0 Å². The van der Waals surface area contributed by atoms with Gasteiger partial charge in [-0.1, -0.05) is 170 Å². The molecule has 0 radical (unpaired) electrons. The van der Waals surface area contributed by atoms with Crippen molar-refractivity contribution in [3.63, 3.8) is 0 Å². The predicted molar refractivity (Wildman–Crippen MR) is 232 cm³/mol. The first-order valence-electron chi connectivity index (χ1n) is 18.8. The average molecular weight is 706 g/mol. The second kappa shape index (κ2) is 12.7. The molecule has 0 N–H and O–H groups in total. The molecule has 1 aliphatic carbocycles. The van der Waals surface area contributed by atoms with Gasteiger partial charge in [0.25, 0.3) is 0 Å². The standard InChI is InChI=1S/C52H35NS/c1-2-11-35(12-3-1)41-14-6-8-18-47(41)53(48-19-10-17-45-44(48)31-32-50-52(45)46-16-7-9-20-49(46)54-50)40-28-25-34(26-29-40)38-27-30-43-39(33-38)24-23-37-22-21-36-13-4-5-15-42(36)51(37)43/h1-15,17-33,46H,16H2. The molecular weight excluding hydrogens is 671 g/mol. The third-order valence-electron chi connectivity index (χ3n) is 11.4. The minimum atomic E-state index is 0.428. The van der Waals surface area contributed by atoms with Crippen molar-refractivity contribution in [2.45, 2.75) is 17.2 Å². The Bertz CT molecular complexity index is 2990. The van der Waals surface area contributed by atoms with Crippen LogP contribution < -0.4 is 4.90 Å². The normalized spacial score (nSPS) is 14.7. The average Bonchev–Trinajstić information content (AvgIpc) is 3.63. The number of hydrogen-bond donors (Lipinski definition) is 0. The van der Waals surface area contributed by atoms with Crippen LogP contribution in [0, 0.1) is 0 Å². The zero-order chi connectivity index (χ0) is 35.6. The van der Waals surface area contributed by atoms with Crippen LogP contribution in [0.5, 0.6) is 0 Å². The lowest BCUT2D eigenvalue weighted by Gasteiger charge is -2.29. The summed E-state index contributed by atoms with van der Waals surface area (Å²) in [5.74, 6) is 0.428. The number of thioether (sulfide) groups is 1. The van der Waals surface area contributed by atoms with Gasteiger partial charge in [0.1, 0.15) is 0 Å². The van der Waals surface area contributed by atoms with Crippen LogP contribution in [0.3, 0.4) is 0 Å². The summed E-state index contributed by atoms with van der Waals surface area (Å²) < 4.78 is 0. The lowest BCUT2D eigenvalue weighted by Crippen LogP contribution is -2.12. The number of hydrogen-bond acceptors (Lipinski definition) is 2. The molecule has 9 aromatic rings. The Morgan fingerprint density at radius 1 is 0.481 bits per heavy atom. The van der Waals surface area contributed by atoms with Crippen LogP contribution >= 0.6 is 11.8 Å². The van der Waals surface area contributed by atoms with Crippen molar-refractivity contribution >= 4 is 71.9 Å². The lowest BCUT2D eigenvalue weighted by atomic mass is 9.88. The zero-order valence-corrected chi connectivity index (χ0v) is 30.4. The van der Waals surface area contributed by atoms with Crippen molar-refractivity contribution < 1.29 is 0 Å². The van der Waals surface area contributed by atoms with E-state index in [0.717, 1.165) is 17.8 Å². The number of benzene rings is 9. The van der Waals surface area contributed by atoms with E-state index in [9.17, 15) is 0 Å². The fraction of sp³-hybridized carbons (Fsp3) is 0.0385. The molecule has 11 rings (SSSR count). The van der Waals surface area contributed by atoms with Crippen LogP contribution in [0.25, 0.3) is 65.3 Å². The Hall–Kier alpha value is -6.35. The first kappa shape index (κ1) is 31.2. The number of allylic oxidation sites excluding steroid dienone is 4. The molecule has 1 aliphatic heterocycles. The van der Waals surface area contributed by atoms with Gasteiger partial charge in [-0.2, -0.15) is 0 Å². The molecule has 0 saturated heterocycles. The second-order valence-corrected chi connectivity index (χ2v) is 15.5. The quantitative estimate of drug-likeness (QED) is 0.164. The van der Waals surface area contributed by atoms with E-state index in [4.69, 9.17) is 0 Å². The van der Waals surface area contributed by atoms with E-state index in [2.05, 4.69) is 199 Å². The number of rotatable bonds is 5. The molecule has 0 aromatic heterocycles. The summed E-state index contributed by atoms with van der Waals surface area (Å²) in [5, 5.41) is 10.3. The fourth-order valence-electron chi connectivity index (χ4n) is 8.85. The maximum absolute atomic E-state index is 2.47. The van der Waals surface area contributed by atoms with Gasteiger partial charge in [-0.3, -0.25) is 0 Å². The second-order valence-electron chi connectivity index (χ2n) is 14.4. The first-order chi connectivity index (χ1) is 26.8. The number of fused-ring (bicyclic) bond motifs is 10. The Morgan fingerprint density at radius 3 is 2.09 bits per heavy atom. The SMILES string of the molecule is C1=CCC2C(=C1)Sc1ccc3c(N(c4ccc(-c5ccc6c(ccc7ccc8ccccc8c76)c5)cc4)c4ccccc4-c4ccccc4)cccc3c12. The van der Waals surface area contributed by atoms with Crippen LogP contribution in [0.4, 0.5) is 17.1 Å². The molecule has 9 aromatic carbocycles. The van der Waals surface area contributed by atoms with Crippen LogP contribution in [0.15, 0.2) is 204 Å². The molecule has 0 fully saturated rings. The van der Waals surface area contributed by atoms with Crippen LogP contribution in [0.1, 0.15) is 17.9 Å². The highest BCUT2D eigenvalue weighted by Crippen LogP contribution is 2.55. The van der Waals surface area contributed by atoms with Gasteiger partial charge in [0, 0.05) is 27.5 Å². The molecule has 2 heteroatoms. The fourth-order valence-corrected chi connectivity index (χ4v) is 10.1. The molecule has 0 spiro atoms. The Morgan fingerprint density at radius 2 is 1.19 bits per heavy atom. The van der Waals surface area contributed by atoms with Gasteiger partial charge < -0.3 is 4.90 Å². The van der Waals surface area contributed by atoms with E-state index in [0.29, 0.717) is 5.92 Å². The number of anilines is 3. The summed E-state index contributed by atoms with van der Waals surface area (Å²) in [6.07, 6.45) is 7.89. The molecule has 54 heavy (non-hydrogen) atoms. The van der Waals surface area contributed by atoms with E-state index in [1.807, 2.05) is 11.8 Å². The van der Waals surface area contributed by atoms with Crippen LogP contribution in [-0.4, -0.2) is 0 Å². The minimum absolute atomic E-state index is 0.428. The van der Waals surface area contributed by atoms with E-state index in [1.165, 1.54) is 86.4 Å². The number of nitrogens with zero attached hydrogens (tertiary/aromatic N) is 1. The maximum atomic E-state index is 2.47. The van der Waals surface area contributed by atoms with E-state index in [1.54, 1.807) is 0 Å². The summed E-state index contributed by atoms with van der Waals surface area (Å²) in [4.78, 5) is 5.32. The van der Waals surface area contributed by atoms with Gasteiger partial charge in [-0.15, -0.1) is 0 Å². The predicted octanol–water partition coefficient (Wildman–Crippen LogP) is 15.1. The topological polar surface area (TPSA) is 3.24 Å². The van der Waals surface area contributed by atoms with Crippen molar-refractivity contribution in [1.29, 1.82) is 0 Å². The molecule has 254 valence electrons. The molecule has 1 unspecified atom stereocenters. The largest absolute Gasteiger partial charge is 0.309 e. The molecule has 1 atom stereocenters. The van der Waals surface area contributed by atoms with Gasteiger partial charge in [0.15, 0.2) is 0 Å². The maximum Gasteiger partial charge on any atom is 0.0540 e. The smallest absolute Gasteiger partial charge is 0.0540 e. The lowest BCUT2D eigenvalue weighted by molar-refractivity contribution is 0.846. The van der Waals surface area contributed by atoms with E-state index in [-0.39, 0.29) is 0 Å². The van der Waals surface area contributed by atoms with Gasteiger partial charge in [-0.25, -0.2) is 0 Å². The molecule has 0 bridgehead atoms. The molecular formula is C52H35NS. The van der Waals surface area contributed by atoms with E-state index >= 15 is 0 Å². The molecule has 0 saturated carbocycles. The van der Waals surface area contributed by atoms with Crippen molar-refractivity contribution in [2.75, 3.05) is 4.90 Å². The van der Waals surface area contributed by atoms with Gasteiger partial charge in [0.05, 0.1) is 11.4 Å². The van der Waals surface area contributed by atoms with Crippen molar-refractivity contribution in [3.8, 4) is 22.3 Å². The molecule has 2 aliphatic rings. The van der Waals surface area contributed by atoms with Crippen molar-refractivity contribution in [3.05, 3.63) is 205 Å². The third kappa shape index (κ3) is 5.02. The summed E-state index contributed by atoms with van der Waals surface area (Å²) in [5.41, 5.74) is 9.76. The summed E-state index contributed by atoms with van der Waals surface area (Å²) in [7, 11) is 0. The zero-order valence-electron chi connectivity index (χ0n) is 29.6. The third-order valence-corrected chi connectivity index (χ3v) is 12.6. The summed E-state index contributed by atoms with van der Waals surface area (Å²) >= 11 is 1.94. The molecule has 1 nitrogen and oxygen atoms in total. The van der Waals surface area contributed by atoms with E-state index < -0.39 is 0 Å². The Labute approximate surface area is 319 Å². The Kier molecular flexibility index (Phi) is 7.31. The van der Waals surface area contributed by atoms with Crippen LogP contribution in [0.2, 0.25) is 0 Å². The van der Waals surface area contributed by atoms with Crippen molar-refractivity contribution in [1.82, 2.24) is 0 Å². The highest BCUT2D eigenvalue weighted by atomic mass is 32.2. The molecule has 1 heterocycles. The summed E-state index contributed by atoms with van der Waals surface area (Å²) in [6.45, 7) is 0. The highest BCUT2D eigenvalue weighted by Gasteiger charge is 2.31. The molecule has 0 amide bonds. The summed E-state index contributed by atoms with van der Waals surface area (Å²) in [6, 6.07) is 65.0. The van der Waals surface area contributed by atoms with Gasteiger partial charge in [0.2, 0.25) is 0 Å². The minimum Gasteiger partial charge on any atom is -0.309 e. The highest BCUT2D eigenvalue weighted by molar-refractivity contribution is 8.03.